The summed E-state index contributed by atoms with van der Waals surface area (Å²) in [6.07, 6.45) is 5.85. The van der Waals surface area contributed by atoms with Crippen molar-refractivity contribution in [2.45, 2.75) is 64.1 Å². The second-order valence-electron chi connectivity index (χ2n) is 7.26. The summed E-state index contributed by atoms with van der Waals surface area (Å²) in [6.45, 7) is 3.21. The van der Waals surface area contributed by atoms with E-state index in [9.17, 15) is 4.79 Å². The number of hydrogen-bond acceptors (Lipinski definition) is 5. The molecule has 1 aromatic heterocycles. The molecule has 2 aromatic rings. The number of carbonyl (C=O) groups is 1. The second kappa shape index (κ2) is 8.08. The van der Waals surface area contributed by atoms with Gasteiger partial charge in [0.1, 0.15) is 12.6 Å². The Bertz CT molecular complexity index is 764. The first kappa shape index (κ1) is 18.0. The standard InChI is InChI=1S/C20H26N4O3/c1-2-3-5-10-18-21-22-19(27-18)17-12-11-16-13-23(17)20(25)24(16)26-14-15-8-6-4-7-9-15/h4,6-9,16-17H,2-3,5,10-14H2,1H3/t16-,17+/m1/s1. The van der Waals surface area contributed by atoms with E-state index >= 15 is 0 Å². The van der Waals surface area contributed by atoms with E-state index < -0.39 is 0 Å². The Hall–Kier alpha value is -2.41. The number of urea groups is 1. The van der Waals surface area contributed by atoms with Crippen LogP contribution in [0.25, 0.3) is 0 Å². The van der Waals surface area contributed by atoms with E-state index in [1.807, 2.05) is 35.2 Å². The topological polar surface area (TPSA) is 71.7 Å². The highest BCUT2D eigenvalue weighted by atomic mass is 16.7. The third-order valence-corrected chi connectivity index (χ3v) is 5.30. The molecule has 2 aliphatic rings. The summed E-state index contributed by atoms with van der Waals surface area (Å²) in [5, 5.41) is 9.92. The highest BCUT2D eigenvalue weighted by Crippen LogP contribution is 2.38. The lowest BCUT2D eigenvalue weighted by Crippen LogP contribution is -2.34. The molecule has 0 spiro atoms. The number of amides is 2. The van der Waals surface area contributed by atoms with Crippen LogP contribution in [0.2, 0.25) is 0 Å². The molecule has 0 unspecified atom stereocenters. The number of rotatable bonds is 8. The highest BCUT2D eigenvalue weighted by Gasteiger charge is 2.47. The number of hydrogen-bond donors (Lipinski definition) is 0. The van der Waals surface area contributed by atoms with Gasteiger partial charge in [0.15, 0.2) is 0 Å². The lowest BCUT2D eigenvalue weighted by molar-refractivity contribution is -0.140. The van der Waals surface area contributed by atoms with Crippen LogP contribution in [0.15, 0.2) is 34.7 Å². The van der Waals surface area contributed by atoms with E-state index in [4.69, 9.17) is 9.25 Å². The number of benzene rings is 1. The van der Waals surface area contributed by atoms with Gasteiger partial charge in [-0.05, 0) is 24.8 Å². The first-order chi connectivity index (χ1) is 13.3. The molecule has 0 N–H and O–H groups in total. The molecule has 0 radical (unpaired) electrons. The summed E-state index contributed by atoms with van der Waals surface area (Å²) in [5.74, 6) is 1.22. The Morgan fingerprint density at radius 2 is 2.04 bits per heavy atom. The summed E-state index contributed by atoms with van der Waals surface area (Å²) >= 11 is 0. The van der Waals surface area contributed by atoms with Crippen molar-refractivity contribution in [2.75, 3.05) is 6.54 Å². The van der Waals surface area contributed by atoms with Crippen LogP contribution in [0.3, 0.4) is 0 Å². The second-order valence-corrected chi connectivity index (χ2v) is 7.26. The summed E-state index contributed by atoms with van der Waals surface area (Å²) < 4.78 is 5.86. The lowest BCUT2D eigenvalue weighted by Gasteiger charge is -2.27. The van der Waals surface area contributed by atoms with Gasteiger partial charge in [0.25, 0.3) is 0 Å². The predicted octanol–water partition coefficient (Wildman–Crippen LogP) is 3.88. The number of carbonyl (C=O) groups excluding carboxylic acids is 1. The summed E-state index contributed by atoms with van der Waals surface area (Å²) in [4.78, 5) is 20.5. The summed E-state index contributed by atoms with van der Waals surface area (Å²) in [5.41, 5.74) is 1.05. The maximum Gasteiger partial charge on any atom is 0.345 e. The van der Waals surface area contributed by atoms with E-state index in [0.29, 0.717) is 24.9 Å². The molecular weight excluding hydrogens is 344 g/mol. The minimum absolute atomic E-state index is 0.0874. The minimum Gasteiger partial charge on any atom is -0.423 e. The number of unbranched alkanes of at least 4 members (excludes halogenated alkanes) is 2. The van der Waals surface area contributed by atoms with Gasteiger partial charge in [-0.25, -0.2) is 4.79 Å². The Morgan fingerprint density at radius 1 is 1.19 bits per heavy atom. The van der Waals surface area contributed by atoms with Gasteiger partial charge in [-0.2, -0.15) is 5.06 Å². The van der Waals surface area contributed by atoms with Crippen LogP contribution < -0.4 is 0 Å². The number of hydroxylamine groups is 2. The fraction of sp³-hybridized carbons (Fsp3) is 0.550. The van der Waals surface area contributed by atoms with Crippen molar-refractivity contribution in [3.8, 4) is 0 Å². The first-order valence-corrected chi connectivity index (χ1v) is 9.85. The van der Waals surface area contributed by atoms with Crippen LogP contribution in [0.4, 0.5) is 4.79 Å². The molecular formula is C20H26N4O3. The average Bonchev–Trinajstić information content (AvgIpc) is 3.26. The van der Waals surface area contributed by atoms with Gasteiger partial charge in [-0.1, -0.05) is 50.1 Å². The Morgan fingerprint density at radius 3 is 2.85 bits per heavy atom. The quantitative estimate of drug-likeness (QED) is 0.660. The zero-order valence-electron chi connectivity index (χ0n) is 15.7. The van der Waals surface area contributed by atoms with Crippen molar-refractivity contribution in [1.82, 2.24) is 20.2 Å². The van der Waals surface area contributed by atoms with Crippen molar-refractivity contribution in [1.29, 1.82) is 0 Å². The first-order valence-electron chi connectivity index (χ1n) is 9.85. The molecule has 27 heavy (non-hydrogen) atoms. The molecule has 0 aliphatic carbocycles. The zero-order chi connectivity index (χ0) is 18.6. The van der Waals surface area contributed by atoms with E-state index in [1.165, 1.54) is 5.06 Å². The third kappa shape index (κ3) is 3.83. The van der Waals surface area contributed by atoms with Crippen molar-refractivity contribution in [2.24, 2.45) is 0 Å². The molecule has 2 fully saturated rings. The molecule has 7 nitrogen and oxygen atoms in total. The SMILES string of the molecule is CCCCCc1nnc([C@@H]2CC[C@@H]3CN2C(=O)N3OCc2ccccc2)o1. The van der Waals surface area contributed by atoms with Gasteiger partial charge in [-0.15, -0.1) is 10.2 Å². The van der Waals surface area contributed by atoms with Crippen LogP contribution in [-0.4, -0.2) is 38.8 Å². The van der Waals surface area contributed by atoms with Crippen molar-refractivity contribution in [3.63, 3.8) is 0 Å². The molecule has 3 heterocycles. The molecule has 2 aliphatic heterocycles. The molecule has 0 saturated carbocycles. The molecule has 2 saturated heterocycles. The van der Waals surface area contributed by atoms with Gasteiger partial charge in [0.2, 0.25) is 11.8 Å². The molecule has 144 valence electrons. The summed E-state index contributed by atoms with van der Waals surface area (Å²) in [7, 11) is 0. The van der Waals surface area contributed by atoms with Gasteiger partial charge >= 0.3 is 6.03 Å². The van der Waals surface area contributed by atoms with Crippen LogP contribution >= 0.6 is 0 Å². The van der Waals surface area contributed by atoms with Gasteiger partial charge in [0, 0.05) is 13.0 Å². The summed E-state index contributed by atoms with van der Waals surface area (Å²) in [6, 6.07) is 9.73. The minimum atomic E-state index is -0.147. The predicted molar refractivity (Wildman–Crippen MR) is 98.5 cm³/mol. The lowest BCUT2D eigenvalue weighted by atomic mass is 10.0. The molecule has 2 amide bonds. The van der Waals surface area contributed by atoms with Crippen molar-refractivity contribution < 1.29 is 14.0 Å². The van der Waals surface area contributed by atoms with E-state index in [2.05, 4.69) is 17.1 Å². The smallest absolute Gasteiger partial charge is 0.345 e. The molecule has 2 bridgehead atoms. The highest BCUT2D eigenvalue weighted by molar-refractivity contribution is 5.77. The molecule has 4 rings (SSSR count). The maximum absolute atomic E-state index is 12.8. The van der Waals surface area contributed by atoms with E-state index in [0.717, 1.165) is 44.1 Å². The maximum atomic E-state index is 12.8. The Balaban J connectivity index is 1.39. The fourth-order valence-electron chi connectivity index (χ4n) is 3.80. The van der Waals surface area contributed by atoms with E-state index in [-0.39, 0.29) is 18.1 Å². The largest absolute Gasteiger partial charge is 0.423 e. The van der Waals surface area contributed by atoms with Crippen LogP contribution in [0.1, 0.15) is 62.4 Å². The van der Waals surface area contributed by atoms with Gasteiger partial charge < -0.3 is 9.32 Å². The molecule has 2 atom stereocenters. The molecule has 7 heteroatoms. The normalized spacial score (nSPS) is 21.9. The van der Waals surface area contributed by atoms with Gasteiger partial charge in [0.05, 0.1) is 6.04 Å². The fourth-order valence-corrected chi connectivity index (χ4v) is 3.80. The molecule has 1 aromatic carbocycles. The van der Waals surface area contributed by atoms with Crippen molar-refractivity contribution in [3.05, 3.63) is 47.7 Å². The number of nitrogens with zero attached hydrogens (tertiary/aromatic N) is 4. The number of fused-ring (bicyclic) bond motifs is 2. The average molecular weight is 370 g/mol. The Kier molecular flexibility index (Phi) is 5.38. The number of aromatic nitrogens is 2. The van der Waals surface area contributed by atoms with Crippen LogP contribution in [0.5, 0.6) is 0 Å². The van der Waals surface area contributed by atoms with E-state index in [1.54, 1.807) is 0 Å². The Labute approximate surface area is 159 Å². The van der Waals surface area contributed by atoms with Crippen molar-refractivity contribution >= 4 is 6.03 Å². The van der Waals surface area contributed by atoms with Crippen LogP contribution in [0, 0.1) is 0 Å². The zero-order valence-corrected chi connectivity index (χ0v) is 15.7. The third-order valence-electron chi connectivity index (χ3n) is 5.30. The number of piperidine rings is 1. The number of aryl methyl sites for hydroxylation is 1. The van der Waals surface area contributed by atoms with Crippen LogP contribution in [-0.2, 0) is 17.9 Å². The monoisotopic (exact) mass is 370 g/mol. The van der Waals surface area contributed by atoms with Gasteiger partial charge in [-0.3, -0.25) is 4.84 Å².